The number of hydrogen-bond donors (Lipinski definition) is 2. The number of rotatable bonds is 3. The standard InChI is InChI=1S/C16H18N4O3/c1-10-3-5-13(6-4-10)20-9-12(8-15(20)21)17-16(22)18-14-7-11(2)23-19-14/h3-7,12H,8-9H2,1-2H3,(H2,17,18,19,22)/t12-/m0/s1. The van der Waals surface area contributed by atoms with E-state index in [9.17, 15) is 9.59 Å². The van der Waals surface area contributed by atoms with E-state index in [-0.39, 0.29) is 18.4 Å². The molecule has 0 saturated carbocycles. The van der Waals surface area contributed by atoms with E-state index < -0.39 is 6.03 Å². The normalized spacial score (nSPS) is 17.4. The van der Waals surface area contributed by atoms with Crippen molar-refractivity contribution >= 4 is 23.4 Å². The molecule has 2 aromatic rings. The summed E-state index contributed by atoms with van der Waals surface area (Å²) in [6.07, 6.45) is 0.277. The first-order chi connectivity index (χ1) is 11.0. The van der Waals surface area contributed by atoms with Gasteiger partial charge in [0.1, 0.15) is 5.76 Å². The molecule has 2 heterocycles. The maximum Gasteiger partial charge on any atom is 0.320 e. The van der Waals surface area contributed by atoms with Gasteiger partial charge in [0.05, 0.1) is 6.04 Å². The summed E-state index contributed by atoms with van der Waals surface area (Å²) in [6.45, 7) is 4.19. The minimum Gasteiger partial charge on any atom is -0.360 e. The molecule has 120 valence electrons. The highest BCUT2D eigenvalue weighted by Crippen LogP contribution is 2.22. The Balaban J connectivity index is 1.59. The molecule has 7 heteroatoms. The van der Waals surface area contributed by atoms with Gasteiger partial charge < -0.3 is 14.7 Å². The van der Waals surface area contributed by atoms with Crippen molar-refractivity contribution in [1.29, 1.82) is 0 Å². The van der Waals surface area contributed by atoms with Crippen LogP contribution in [0, 0.1) is 13.8 Å². The number of nitrogens with one attached hydrogen (secondary N) is 2. The lowest BCUT2D eigenvalue weighted by atomic mass is 10.2. The molecule has 7 nitrogen and oxygen atoms in total. The van der Waals surface area contributed by atoms with E-state index in [1.165, 1.54) is 0 Å². The molecule has 0 bridgehead atoms. The van der Waals surface area contributed by atoms with Crippen molar-refractivity contribution in [3.63, 3.8) is 0 Å². The molecule has 1 aromatic heterocycles. The minimum absolute atomic E-state index is 0.00330. The van der Waals surface area contributed by atoms with Gasteiger partial charge in [-0.1, -0.05) is 22.9 Å². The smallest absolute Gasteiger partial charge is 0.320 e. The second kappa shape index (κ2) is 6.12. The fraction of sp³-hybridized carbons (Fsp3) is 0.312. The summed E-state index contributed by atoms with van der Waals surface area (Å²) in [5.41, 5.74) is 1.98. The van der Waals surface area contributed by atoms with E-state index in [0.717, 1.165) is 11.3 Å². The molecule has 3 amide bonds. The first kappa shape index (κ1) is 15.1. The van der Waals surface area contributed by atoms with Gasteiger partial charge in [-0.25, -0.2) is 4.79 Å². The third-order valence-corrected chi connectivity index (χ3v) is 3.68. The highest BCUT2D eigenvalue weighted by molar-refractivity contribution is 5.97. The molecule has 1 atom stereocenters. The number of amides is 3. The fourth-order valence-electron chi connectivity index (χ4n) is 2.54. The average molecular weight is 314 g/mol. The second-order valence-corrected chi connectivity index (χ2v) is 5.66. The van der Waals surface area contributed by atoms with Crippen molar-refractivity contribution in [3.8, 4) is 0 Å². The topological polar surface area (TPSA) is 87.5 Å². The van der Waals surface area contributed by atoms with E-state index in [2.05, 4.69) is 15.8 Å². The maximum absolute atomic E-state index is 12.1. The van der Waals surface area contributed by atoms with Crippen LogP contribution in [0.5, 0.6) is 0 Å². The van der Waals surface area contributed by atoms with E-state index in [1.807, 2.05) is 31.2 Å². The average Bonchev–Trinajstić information content (AvgIpc) is 3.06. The Labute approximate surface area is 133 Å². The number of aryl methyl sites for hydroxylation is 2. The van der Waals surface area contributed by atoms with Crippen molar-refractivity contribution in [2.75, 3.05) is 16.8 Å². The van der Waals surface area contributed by atoms with Crippen LogP contribution in [-0.4, -0.2) is 29.7 Å². The van der Waals surface area contributed by atoms with Gasteiger partial charge in [0, 0.05) is 24.7 Å². The molecular formula is C16H18N4O3. The molecule has 23 heavy (non-hydrogen) atoms. The summed E-state index contributed by atoms with van der Waals surface area (Å²) in [6, 6.07) is 8.73. The van der Waals surface area contributed by atoms with E-state index in [0.29, 0.717) is 18.1 Å². The van der Waals surface area contributed by atoms with E-state index >= 15 is 0 Å². The van der Waals surface area contributed by atoms with Gasteiger partial charge in [-0.05, 0) is 26.0 Å². The zero-order valence-corrected chi connectivity index (χ0v) is 13.0. The molecule has 0 unspecified atom stereocenters. The molecular weight excluding hydrogens is 296 g/mol. The summed E-state index contributed by atoms with van der Waals surface area (Å²) >= 11 is 0. The molecule has 2 N–H and O–H groups in total. The van der Waals surface area contributed by atoms with Crippen LogP contribution in [0.25, 0.3) is 0 Å². The van der Waals surface area contributed by atoms with Crippen LogP contribution >= 0.6 is 0 Å². The van der Waals surface area contributed by atoms with Crippen LogP contribution in [0.4, 0.5) is 16.3 Å². The Morgan fingerprint density at radius 1 is 1.30 bits per heavy atom. The van der Waals surface area contributed by atoms with Crippen molar-refractivity contribution in [2.45, 2.75) is 26.3 Å². The summed E-state index contributed by atoms with van der Waals surface area (Å²) < 4.78 is 4.88. The Hall–Kier alpha value is -2.83. The molecule has 1 fully saturated rings. The monoisotopic (exact) mass is 314 g/mol. The minimum atomic E-state index is -0.401. The predicted octanol–water partition coefficient (Wildman–Crippen LogP) is 2.22. The van der Waals surface area contributed by atoms with Crippen LogP contribution in [0.2, 0.25) is 0 Å². The number of aromatic nitrogens is 1. The van der Waals surface area contributed by atoms with Gasteiger partial charge in [0.2, 0.25) is 5.91 Å². The van der Waals surface area contributed by atoms with Gasteiger partial charge >= 0.3 is 6.03 Å². The van der Waals surface area contributed by atoms with Gasteiger partial charge in [-0.15, -0.1) is 0 Å². The zero-order valence-electron chi connectivity index (χ0n) is 13.0. The van der Waals surface area contributed by atoms with E-state index in [1.54, 1.807) is 17.9 Å². The van der Waals surface area contributed by atoms with Crippen molar-refractivity contribution in [3.05, 3.63) is 41.7 Å². The van der Waals surface area contributed by atoms with Crippen LogP contribution in [-0.2, 0) is 4.79 Å². The van der Waals surface area contributed by atoms with Crippen molar-refractivity contribution in [1.82, 2.24) is 10.5 Å². The number of hydrogen-bond acceptors (Lipinski definition) is 4. The highest BCUT2D eigenvalue weighted by Gasteiger charge is 2.31. The highest BCUT2D eigenvalue weighted by atomic mass is 16.5. The zero-order chi connectivity index (χ0) is 16.4. The number of carbonyl (C=O) groups is 2. The number of nitrogens with zero attached hydrogens (tertiary/aromatic N) is 2. The summed E-state index contributed by atoms with van der Waals surface area (Å²) in [5, 5.41) is 9.06. The maximum atomic E-state index is 12.1. The first-order valence-corrected chi connectivity index (χ1v) is 7.39. The number of benzene rings is 1. The van der Waals surface area contributed by atoms with E-state index in [4.69, 9.17) is 4.52 Å². The summed E-state index contributed by atoms with van der Waals surface area (Å²) in [7, 11) is 0. The molecule has 1 aliphatic heterocycles. The fourth-order valence-corrected chi connectivity index (χ4v) is 2.54. The van der Waals surface area contributed by atoms with Crippen LogP contribution in [0.15, 0.2) is 34.9 Å². The van der Waals surface area contributed by atoms with Crippen LogP contribution in [0.3, 0.4) is 0 Å². The molecule has 0 spiro atoms. The van der Waals surface area contributed by atoms with Gasteiger partial charge in [0.25, 0.3) is 0 Å². The Morgan fingerprint density at radius 3 is 2.70 bits per heavy atom. The van der Waals surface area contributed by atoms with Crippen LogP contribution in [0.1, 0.15) is 17.7 Å². The molecule has 1 saturated heterocycles. The Bertz CT molecular complexity index is 723. The summed E-state index contributed by atoms with van der Waals surface area (Å²) in [5.74, 6) is 0.957. The number of urea groups is 1. The summed E-state index contributed by atoms with van der Waals surface area (Å²) in [4.78, 5) is 25.8. The molecule has 1 aliphatic rings. The lowest BCUT2D eigenvalue weighted by molar-refractivity contribution is -0.117. The largest absolute Gasteiger partial charge is 0.360 e. The van der Waals surface area contributed by atoms with Gasteiger partial charge in [0.15, 0.2) is 5.82 Å². The molecule has 3 rings (SSSR count). The molecule has 0 radical (unpaired) electrons. The molecule has 1 aromatic carbocycles. The lowest BCUT2D eigenvalue weighted by Gasteiger charge is -2.17. The quantitative estimate of drug-likeness (QED) is 0.909. The SMILES string of the molecule is Cc1ccc(N2C[C@@H](NC(=O)Nc3cc(C)on3)CC2=O)cc1. The van der Waals surface area contributed by atoms with Crippen molar-refractivity contribution < 1.29 is 14.1 Å². The third-order valence-electron chi connectivity index (χ3n) is 3.68. The first-order valence-electron chi connectivity index (χ1n) is 7.39. The second-order valence-electron chi connectivity index (χ2n) is 5.66. The molecule has 0 aliphatic carbocycles. The Kier molecular flexibility index (Phi) is 4.01. The van der Waals surface area contributed by atoms with Crippen LogP contribution < -0.4 is 15.5 Å². The Morgan fingerprint density at radius 2 is 2.04 bits per heavy atom. The lowest BCUT2D eigenvalue weighted by Crippen LogP contribution is -2.39. The predicted molar refractivity (Wildman–Crippen MR) is 85.3 cm³/mol. The third kappa shape index (κ3) is 3.50. The van der Waals surface area contributed by atoms with Gasteiger partial charge in [-0.2, -0.15) is 0 Å². The number of carbonyl (C=O) groups excluding carboxylic acids is 2. The van der Waals surface area contributed by atoms with Gasteiger partial charge in [-0.3, -0.25) is 10.1 Å². The number of anilines is 2. The van der Waals surface area contributed by atoms with Crippen molar-refractivity contribution in [2.24, 2.45) is 0 Å².